The molecule has 0 aliphatic carbocycles. The summed E-state index contributed by atoms with van der Waals surface area (Å²) in [5.41, 5.74) is -0.239. The van der Waals surface area contributed by atoms with Crippen LogP contribution >= 0.6 is 11.6 Å². The molecule has 0 unspecified atom stereocenters. The first-order valence-electron chi connectivity index (χ1n) is 6.38. The molecular formula is C15H17ClO3. The zero-order chi connectivity index (χ0) is 14.2. The summed E-state index contributed by atoms with van der Waals surface area (Å²) in [7, 11) is 0. The van der Waals surface area contributed by atoms with Crippen LogP contribution in [0.2, 0.25) is 5.02 Å². The lowest BCUT2D eigenvalue weighted by Gasteiger charge is -2.37. The van der Waals surface area contributed by atoms with Gasteiger partial charge in [0, 0.05) is 5.02 Å². The molecule has 0 bridgehead atoms. The second kappa shape index (κ2) is 4.97. The SMILES string of the molecule is CC[C@H]1C(=O)C(C)(C)C(=O)O[C@@H]1c1ccc(Cl)cc1. The van der Waals surface area contributed by atoms with Gasteiger partial charge in [-0.25, -0.2) is 0 Å². The zero-order valence-corrected chi connectivity index (χ0v) is 12.0. The standard InChI is InChI=1S/C15H17ClO3/c1-4-11-12(9-5-7-10(16)8-6-9)19-14(18)15(2,3)13(11)17/h5-8,11-12H,4H2,1-3H3/t11-,12-/m1/s1. The van der Waals surface area contributed by atoms with E-state index in [1.165, 1.54) is 0 Å². The minimum absolute atomic E-state index is 0.0498. The van der Waals surface area contributed by atoms with Gasteiger partial charge in [-0.3, -0.25) is 9.59 Å². The molecule has 4 heteroatoms. The number of esters is 1. The summed E-state index contributed by atoms with van der Waals surface area (Å²) in [4.78, 5) is 24.4. The third-order valence-corrected chi connectivity index (χ3v) is 3.95. The number of halogens is 1. The van der Waals surface area contributed by atoms with Crippen LogP contribution in [0.15, 0.2) is 24.3 Å². The number of cyclic esters (lactones) is 1. The molecule has 1 fully saturated rings. The Balaban J connectivity index is 2.38. The number of benzene rings is 1. The number of rotatable bonds is 2. The number of hydrogen-bond donors (Lipinski definition) is 0. The average Bonchev–Trinajstić information content (AvgIpc) is 2.37. The molecule has 0 N–H and O–H groups in total. The van der Waals surface area contributed by atoms with E-state index in [0.717, 1.165) is 5.56 Å². The van der Waals surface area contributed by atoms with Crippen molar-refractivity contribution >= 4 is 23.4 Å². The Labute approximate surface area is 117 Å². The molecule has 0 amide bonds. The smallest absolute Gasteiger partial charge is 0.319 e. The van der Waals surface area contributed by atoms with Crippen molar-refractivity contribution in [2.45, 2.75) is 33.3 Å². The van der Waals surface area contributed by atoms with E-state index in [-0.39, 0.29) is 11.7 Å². The van der Waals surface area contributed by atoms with Gasteiger partial charge in [-0.15, -0.1) is 0 Å². The molecule has 1 saturated heterocycles. The van der Waals surface area contributed by atoms with Crippen molar-refractivity contribution in [2.75, 3.05) is 0 Å². The maximum atomic E-state index is 12.4. The average molecular weight is 281 g/mol. The quantitative estimate of drug-likeness (QED) is 0.614. The Kier molecular flexibility index (Phi) is 3.68. The van der Waals surface area contributed by atoms with Gasteiger partial charge in [0.2, 0.25) is 0 Å². The van der Waals surface area contributed by atoms with Gasteiger partial charge in [0.05, 0.1) is 5.92 Å². The lowest BCUT2D eigenvalue weighted by molar-refractivity contribution is -0.179. The monoisotopic (exact) mass is 280 g/mol. The number of Topliss-reactive ketones (excluding diaryl/α,β-unsaturated/α-hetero) is 1. The summed E-state index contributed by atoms with van der Waals surface area (Å²) in [5.74, 6) is -0.803. The third-order valence-electron chi connectivity index (χ3n) is 3.70. The lowest BCUT2D eigenvalue weighted by Crippen LogP contribution is -2.47. The summed E-state index contributed by atoms with van der Waals surface area (Å²) in [6.07, 6.45) is 0.137. The first-order chi connectivity index (χ1) is 8.87. The molecule has 3 nitrogen and oxygen atoms in total. The van der Waals surface area contributed by atoms with Crippen molar-refractivity contribution in [3.8, 4) is 0 Å². The van der Waals surface area contributed by atoms with Crippen molar-refractivity contribution in [1.29, 1.82) is 0 Å². The fraction of sp³-hybridized carbons (Fsp3) is 0.467. The van der Waals surface area contributed by atoms with Crippen LogP contribution in [0.25, 0.3) is 0 Å². The molecule has 0 aromatic heterocycles. The third kappa shape index (κ3) is 2.39. The summed E-state index contributed by atoms with van der Waals surface area (Å²) in [6, 6.07) is 7.08. The first kappa shape index (κ1) is 14.1. The van der Waals surface area contributed by atoms with Crippen LogP contribution in [-0.2, 0) is 14.3 Å². The number of carbonyl (C=O) groups excluding carboxylic acids is 2. The Morgan fingerprint density at radius 1 is 1.21 bits per heavy atom. The number of ether oxygens (including phenoxy) is 1. The molecule has 0 radical (unpaired) electrons. The fourth-order valence-electron chi connectivity index (χ4n) is 2.40. The summed E-state index contributed by atoms with van der Waals surface area (Å²) in [5, 5.41) is 0.616. The highest BCUT2D eigenvalue weighted by Gasteiger charge is 2.50. The highest BCUT2D eigenvalue weighted by molar-refractivity contribution is 6.30. The fourth-order valence-corrected chi connectivity index (χ4v) is 2.52. The van der Waals surface area contributed by atoms with Gasteiger partial charge >= 0.3 is 5.97 Å². The first-order valence-corrected chi connectivity index (χ1v) is 6.76. The molecular weight excluding hydrogens is 264 g/mol. The highest BCUT2D eigenvalue weighted by Crippen LogP contribution is 2.41. The van der Waals surface area contributed by atoms with Crippen LogP contribution < -0.4 is 0 Å². The molecule has 1 aliphatic rings. The van der Waals surface area contributed by atoms with E-state index in [0.29, 0.717) is 11.4 Å². The molecule has 2 rings (SSSR count). The lowest BCUT2D eigenvalue weighted by atomic mass is 9.74. The van der Waals surface area contributed by atoms with Gasteiger partial charge in [0.15, 0.2) is 5.78 Å². The topological polar surface area (TPSA) is 43.4 Å². The van der Waals surface area contributed by atoms with Crippen LogP contribution in [-0.4, -0.2) is 11.8 Å². The van der Waals surface area contributed by atoms with Crippen LogP contribution in [0.5, 0.6) is 0 Å². The zero-order valence-electron chi connectivity index (χ0n) is 11.3. The Morgan fingerprint density at radius 3 is 2.32 bits per heavy atom. The second-order valence-electron chi connectivity index (χ2n) is 5.38. The number of hydrogen-bond acceptors (Lipinski definition) is 3. The van der Waals surface area contributed by atoms with E-state index in [1.807, 2.05) is 6.92 Å². The van der Waals surface area contributed by atoms with Crippen molar-refractivity contribution in [3.05, 3.63) is 34.9 Å². The summed E-state index contributed by atoms with van der Waals surface area (Å²) >= 11 is 5.85. The normalized spacial score (nSPS) is 26.1. The summed E-state index contributed by atoms with van der Waals surface area (Å²) in [6.45, 7) is 5.18. The minimum atomic E-state index is -1.05. The summed E-state index contributed by atoms with van der Waals surface area (Å²) < 4.78 is 5.50. The van der Waals surface area contributed by atoms with Gasteiger partial charge in [-0.1, -0.05) is 30.7 Å². The number of carbonyl (C=O) groups is 2. The largest absolute Gasteiger partial charge is 0.456 e. The molecule has 1 aliphatic heterocycles. The molecule has 1 aromatic rings. The van der Waals surface area contributed by atoms with E-state index >= 15 is 0 Å². The Bertz CT molecular complexity index is 505. The highest BCUT2D eigenvalue weighted by atomic mass is 35.5. The molecule has 102 valence electrons. The van der Waals surface area contributed by atoms with Gasteiger partial charge < -0.3 is 4.74 Å². The van der Waals surface area contributed by atoms with Crippen LogP contribution in [0.4, 0.5) is 0 Å². The maximum Gasteiger partial charge on any atom is 0.319 e. The molecule has 2 atom stereocenters. The van der Waals surface area contributed by atoms with E-state index < -0.39 is 17.5 Å². The molecule has 0 spiro atoms. The van der Waals surface area contributed by atoms with Gasteiger partial charge in [0.25, 0.3) is 0 Å². The molecule has 1 heterocycles. The van der Waals surface area contributed by atoms with Gasteiger partial charge in [-0.05, 0) is 38.0 Å². The van der Waals surface area contributed by atoms with E-state index in [1.54, 1.807) is 38.1 Å². The Hall–Kier alpha value is -1.35. The maximum absolute atomic E-state index is 12.4. The predicted octanol–water partition coefficient (Wildman–Crippen LogP) is 3.56. The molecule has 0 saturated carbocycles. The van der Waals surface area contributed by atoms with E-state index in [9.17, 15) is 9.59 Å². The van der Waals surface area contributed by atoms with E-state index in [4.69, 9.17) is 16.3 Å². The minimum Gasteiger partial charge on any atom is -0.456 e. The predicted molar refractivity (Wildman–Crippen MR) is 72.9 cm³/mol. The van der Waals surface area contributed by atoms with Crippen molar-refractivity contribution < 1.29 is 14.3 Å². The van der Waals surface area contributed by atoms with Crippen molar-refractivity contribution in [1.82, 2.24) is 0 Å². The van der Waals surface area contributed by atoms with Gasteiger partial charge in [0.1, 0.15) is 11.5 Å². The van der Waals surface area contributed by atoms with Gasteiger partial charge in [-0.2, -0.15) is 0 Å². The Morgan fingerprint density at radius 2 is 1.79 bits per heavy atom. The van der Waals surface area contributed by atoms with Crippen LogP contribution in [0, 0.1) is 11.3 Å². The van der Waals surface area contributed by atoms with Crippen LogP contribution in [0.3, 0.4) is 0 Å². The van der Waals surface area contributed by atoms with Crippen molar-refractivity contribution in [2.24, 2.45) is 11.3 Å². The van der Waals surface area contributed by atoms with Crippen LogP contribution in [0.1, 0.15) is 38.9 Å². The number of ketones is 1. The molecule has 19 heavy (non-hydrogen) atoms. The van der Waals surface area contributed by atoms with Crippen molar-refractivity contribution in [3.63, 3.8) is 0 Å². The molecule has 1 aromatic carbocycles. The second-order valence-corrected chi connectivity index (χ2v) is 5.82. The van der Waals surface area contributed by atoms with E-state index in [2.05, 4.69) is 0 Å².